The molecule has 0 amide bonds. The molecule has 0 aliphatic heterocycles. The molecule has 0 aliphatic carbocycles. The van der Waals surface area contributed by atoms with Gasteiger partial charge in [0.25, 0.3) is 0 Å². The van der Waals surface area contributed by atoms with Crippen molar-refractivity contribution in [1.29, 1.82) is 0 Å². The summed E-state index contributed by atoms with van der Waals surface area (Å²) in [6.07, 6.45) is 0. The van der Waals surface area contributed by atoms with Crippen molar-refractivity contribution in [3.8, 4) is 0 Å². The molecule has 0 atom stereocenters. The van der Waals surface area contributed by atoms with E-state index in [1.165, 1.54) is 9.40 Å². The van der Waals surface area contributed by atoms with E-state index in [0.29, 0.717) is 10.1 Å². The summed E-state index contributed by atoms with van der Waals surface area (Å²) in [5, 5.41) is 0.774. The quantitative estimate of drug-likeness (QED) is 0.197. The summed E-state index contributed by atoms with van der Waals surface area (Å²) in [6, 6.07) is 5.10. The van der Waals surface area contributed by atoms with E-state index in [-0.39, 0.29) is 0 Å². The highest BCUT2D eigenvalue weighted by molar-refractivity contribution is 7.50. The Kier molecular flexibility index (Phi) is 4.97. The van der Waals surface area contributed by atoms with Gasteiger partial charge in [-0.25, -0.2) is 0 Å². The Bertz CT molecular complexity index is 1340. The second-order valence-electron chi connectivity index (χ2n) is 12.0. The lowest BCUT2D eigenvalue weighted by atomic mass is 10.2. The SMILES string of the molecule is CC(C)(C)[Si](C)(C)c1cc2sc3c(sc4c5sc([Si](C)(C)C(C)(C)C)cc5sc43)c2s1. The van der Waals surface area contributed by atoms with Crippen LogP contribution < -0.4 is 9.00 Å². The zero-order valence-electron chi connectivity index (χ0n) is 20.2. The van der Waals surface area contributed by atoms with Crippen LogP contribution in [0.5, 0.6) is 0 Å². The third-order valence-electron chi connectivity index (χ3n) is 8.04. The molecule has 0 spiro atoms. The second-order valence-corrected chi connectivity index (χ2v) is 28.5. The van der Waals surface area contributed by atoms with E-state index in [4.69, 9.17) is 0 Å². The Morgan fingerprint density at radius 1 is 0.484 bits per heavy atom. The number of hydrogen-bond acceptors (Lipinski definition) is 5. The van der Waals surface area contributed by atoms with Gasteiger partial charge in [-0.05, 0) is 31.2 Å². The maximum Gasteiger partial charge on any atom is 0.0988 e. The third kappa shape index (κ3) is 3.17. The molecule has 0 N–H and O–H groups in total. The van der Waals surface area contributed by atoms with E-state index in [9.17, 15) is 0 Å². The molecular formula is C24H32S5Si2. The van der Waals surface area contributed by atoms with Crippen LogP contribution in [0.4, 0.5) is 0 Å². The first-order valence-electron chi connectivity index (χ1n) is 10.9. The fraction of sp³-hybridized carbons (Fsp3) is 0.500. The molecule has 5 rings (SSSR count). The van der Waals surface area contributed by atoms with E-state index >= 15 is 0 Å². The van der Waals surface area contributed by atoms with Crippen LogP contribution in [-0.4, -0.2) is 16.1 Å². The van der Waals surface area contributed by atoms with Crippen LogP contribution in [-0.2, 0) is 0 Å². The first-order valence-corrected chi connectivity index (χ1v) is 21.0. The largest absolute Gasteiger partial charge is 0.143 e. The van der Waals surface area contributed by atoms with Gasteiger partial charge >= 0.3 is 0 Å². The smallest absolute Gasteiger partial charge is 0.0988 e. The van der Waals surface area contributed by atoms with E-state index in [2.05, 4.69) is 114 Å². The van der Waals surface area contributed by atoms with Crippen molar-refractivity contribution in [2.24, 2.45) is 0 Å². The molecule has 0 saturated carbocycles. The Balaban J connectivity index is 1.69. The maximum atomic E-state index is 2.55. The van der Waals surface area contributed by atoms with Crippen molar-refractivity contribution < 1.29 is 0 Å². The predicted octanol–water partition coefficient (Wildman–Crippen LogP) is 10.0. The highest BCUT2D eigenvalue weighted by Gasteiger charge is 2.40. The molecule has 5 aromatic rings. The third-order valence-corrected chi connectivity index (χ3v) is 28.3. The maximum absolute atomic E-state index is 2.55. The minimum absolute atomic E-state index is 0.387. The summed E-state index contributed by atoms with van der Waals surface area (Å²) in [5.41, 5.74) is 0. The number of rotatable bonds is 2. The molecule has 0 nitrogen and oxygen atoms in total. The lowest BCUT2D eigenvalue weighted by molar-refractivity contribution is 0.730. The average Bonchev–Trinajstić information content (AvgIpc) is 3.35. The topological polar surface area (TPSA) is 0 Å². The summed E-state index contributed by atoms with van der Waals surface area (Å²) in [7, 11) is -2.96. The number of hydrogen-bond donors (Lipinski definition) is 0. The van der Waals surface area contributed by atoms with Crippen molar-refractivity contribution in [1.82, 2.24) is 0 Å². The van der Waals surface area contributed by atoms with Crippen LogP contribution in [0.25, 0.3) is 37.6 Å². The molecule has 0 aliphatic rings. The molecule has 0 unspecified atom stereocenters. The summed E-state index contributed by atoms with van der Waals surface area (Å²) in [4.78, 5) is 0. The Morgan fingerprint density at radius 3 is 1.13 bits per heavy atom. The van der Waals surface area contributed by atoms with Crippen LogP contribution in [0.1, 0.15) is 41.5 Å². The average molecular weight is 537 g/mol. The van der Waals surface area contributed by atoms with Gasteiger partial charge < -0.3 is 0 Å². The van der Waals surface area contributed by atoms with E-state index in [1.54, 1.807) is 37.2 Å². The lowest BCUT2D eigenvalue weighted by Crippen LogP contribution is -2.47. The van der Waals surface area contributed by atoms with E-state index in [1.807, 2.05) is 22.7 Å². The van der Waals surface area contributed by atoms with Crippen molar-refractivity contribution in [2.75, 3.05) is 0 Å². The Labute approximate surface area is 208 Å². The first kappa shape index (κ1) is 22.8. The van der Waals surface area contributed by atoms with Crippen LogP contribution >= 0.6 is 56.7 Å². The minimum Gasteiger partial charge on any atom is -0.143 e. The standard InChI is InChI=1S/C24H32S5Si2/c1-23(2,3)30(7,8)15-11-13-17(27-15)19-21(25-13)22-20(29-19)18-14(26-22)12-16(28-18)31(9,10)24(4,5)6/h11-12H,1-10H3. The fourth-order valence-electron chi connectivity index (χ4n) is 3.68. The predicted molar refractivity (Wildman–Crippen MR) is 160 cm³/mol. The molecule has 0 saturated heterocycles. The van der Waals surface area contributed by atoms with E-state index < -0.39 is 16.1 Å². The van der Waals surface area contributed by atoms with Crippen LogP contribution in [0.2, 0.25) is 36.3 Å². The molecule has 5 aromatic heterocycles. The molecule has 7 heteroatoms. The molecular weight excluding hydrogens is 505 g/mol. The molecule has 0 radical (unpaired) electrons. The van der Waals surface area contributed by atoms with Crippen molar-refractivity contribution >= 4 is 119 Å². The van der Waals surface area contributed by atoms with Crippen LogP contribution in [0.3, 0.4) is 0 Å². The number of fused-ring (bicyclic) bond motifs is 7. The van der Waals surface area contributed by atoms with Crippen molar-refractivity contribution in [3.63, 3.8) is 0 Å². The fourth-order valence-corrected chi connectivity index (χ4v) is 17.6. The zero-order valence-corrected chi connectivity index (χ0v) is 26.3. The van der Waals surface area contributed by atoms with Crippen molar-refractivity contribution in [2.45, 2.75) is 77.8 Å². The highest BCUT2D eigenvalue weighted by atomic mass is 32.1. The first-order chi connectivity index (χ1) is 14.1. The van der Waals surface area contributed by atoms with Crippen molar-refractivity contribution in [3.05, 3.63) is 12.1 Å². The molecule has 31 heavy (non-hydrogen) atoms. The van der Waals surface area contributed by atoms with Gasteiger partial charge in [0.1, 0.15) is 0 Å². The zero-order chi connectivity index (χ0) is 22.7. The summed E-state index contributed by atoms with van der Waals surface area (Å²) in [6.45, 7) is 24.8. The van der Waals surface area contributed by atoms with Gasteiger partial charge in [0.15, 0.2) is 0 Å². The van der Waals surface area contributed by atoms with Gasteiger partial charge in [-0.2, -0.15) is 0 Å². The molecule has 0 fully saturated rings. The highest BCUT2D eigenvalue weighted by Crippen LogP contribution is 2.53. The number of thiophene rings is 5. The molecule has 166 valence electrons. The van der Waals surface area contributed by atoms with Gasteiger partial charge in [0.2, 0.25) is 0 Å². The molecule has 0 aromatic carbocycles. The van der Waals surface area contributed by atoms with Gasteiger partial charge in [-0.1, -0.05) is 67.7 Å². The minimum atomic E-state index is -1.48. The Morgan fingerprint density at radius 2 is 0.806 bits per heavy atom. The summed E-state index contributed by atoms with van der Waals surface area (Å²) >= 11 is 10.4. The Hall–Kier alpha value is -0.0262. The normalized spacial score (nSPS) is 14.8. The van der Waals surface area contributed by atoms with Gasteiger partial charge in [-0.3, -0.25) is 0 Å². The van der Waals surface area contributed by atoms with Gasteiger partial charge in [0, 0.05) is 9.40 Å². The van der Waals surface area contributed by atoms with Crippen LogP contribution in [0, 0.1) is 0 Å². The van der Waals surface area contributed by atoms with Gasteiger partial charge in [-0.15, -0.1) is 56.7 Å². The lowest BCUT2D eigenvalue weighted by Gasteiger charge is -2.35. The molecule has 5 heterocycles. The van der Waals surface area contributed by atoms with Gasteiger partial charge in [0.05, 0.1) is 44.3 Å². The summed E-state index contributed by atoms with van der Waals surface area (Å²) < 4.78 is 15.7. The summed E-state index contributed by atoms with van der Waals surface area (Å²) in [5.74, 6) is 0. The van der Waals surface area contributed by atoms with Crippen LogP contribution in [0.15, 0.2) is 12.1 Å². The monoisotopic (exact) mass is 536 g/mol. The second kappa shape index (κ2) is 6.77. The van der Waals surface area contributed by atoms with E-state index in [0.717, 1.165) is 0 Å². The molecule has 0 bridgehead atoms.